The van der Waals surface area contributed by atoms with Crippen molar-refractivity contribution in [3.8, 4) is 0 Å². The molecule has 2 aromatic rings. The molecule has 0 bridgehead atoms. The molecule has 1 fully saturated rings. The first-order chi connectivity index (χ1) is 9.16. The molecule has 1 aromatic carbocycles. The molecule has 1 aliphatic rings. The van der Waals surface area contributed by atoms with Crippen molar-refractivity contribution in [1.82, 2.24) is 0 Å². The standard InChI is InChI=1S/C14H12O4S/c15-14(16)11-6-7-13(18-11)19(17)12-8-10(12)9-4-2-1-3-5-9/h1-7,10,12H,8H2,(H,15,16). The van der Waals surface area contributed by atoms with E-state index in [0.717, 1.165) is 6.42 Å². The Morgan fingerprint density at radius 1 is 1.21 bits per heavy atom. The molecule has 98 valence electrons. The molecule has 0 aliphatic heterocycles. The first-order valence-corrected chi connectivity index (χ1v) is 7.17. The average molecular weight is 276 g/mol. The van der Waals surface area contributed by atoms with Crippen LogP contribution in [0.3, 0.4) is 0 Å². The monoisotopic (exact) mass is 276 g/mol. The van der Waals surface area contributed by atoms with Gasteiger partial charge in [-0.1, -0.05) is 30.3 Å². The minimum absolute atomic E-state index is 0.0233. The lowest BCUT2D eigenvalue weighted by atomic mass is 10.1. The molecule has 3 unspecified atom stereocenters. The molecule has 0 saturated heterocycles. The minimum Gasteiger partial charge on any atom is -0.475 e. The zero-order valence-corrected chi connectivity index (χ0v) is 10.8. The summed E-state index contributed by atoms with van der Waals surface area (Å²) in [6, 6.07) is 12.7. The quantitative estimate of drug-likeness (QED) is 0.932. The summed E-state index contributed by atoms with van der Waals surface area (Å²) in [6.45, 7) is 0. The molecule has 1 aliphatic carbocycles. The summed E-state index contributed by atoms with van der Waals surface area (Å²) in [5.41, 5.74) is 1.17. The summed E-state index contributed by atoms with van der Waals surface area (Å²) >= 11 is 0. The van der Waals surface area contributed by atoms with Crippen molar-refractivity contribution in [1.29, 1.82) is 0 Å². The highest BCUT2D eigenvalue weighted by molar-refractivity contribution is 7.85. The van der Waals surface area contributed by atoms with Crippen LogP contribution in [-0.2, 0) is 10.8 Å². The number of benzene rings is 1. The molecule has 19 heavy (non-hydrogen) atoms. The van der Waals surface area contributed by atoms with Crippen LogP contribution >= 0.6 is 0 Å². The van der Waals surface area contributed by atoms with Gasteiger partial charge in [0.05, 0.1) is 16.0 Å². The largest absolute Gasteiger partial charge is 0.475 e. The highest BCUT2D eigenvalue weighted by Gasteiger charge is 2.44. The molecule has 3 rings (SSSR count). The number of hydrogen-bond acceptors (Lipinski definition) is 3. The Hall–Kier alpha value is -1.88. The van der Waals surface area contributed by atoms with Gasteiger partial charge in [-0.05, 0) is 30.0 Å². The summed E-state index contributed by atoms with van der Waals surface area (Å²) in [6.07, 6.45) is 0.847. The number of furan rings is 1. The van der Waals surface area contributed by atoms with E-state index in [0.29, 0.717) is 0 Å². The van der Waals surface area contributed by atoms with Crippen LogP contribution in [0.15, 0.2) is 52.0 Å². The van der Waals surface area contributed by atoms with Gasteiger partial charge < -0.3 is 9.52 Å². The van der Waals surface area contributed by atoms with Crippen molar-refractivity contribution in [2.45, 2.75) is 22.7 Å². The summed E-state index contributed by atoms with van der Waals surface area (Å²) < 4.78 is 17.3. The molecule has 0 amide bonds. The van der Waals surface area contributed by atoms with Gasteiger partial charge in [-0.2, -0.15) is 0 Å². The third-order valence-electron chi connectivity index (χ3n) is 3.23. The lowest BCUT2D eigenvalue weighted by molar-refractivity contribution is 0.0656. The predicted octanol–water partition coefficient (Wildman–Crippen LogP) is 2.64. The Morgan fingerprint density at radius 2 is 1.95 bits per heavy atom. The van der Waals surface area contributed by atoms with Crippen molar-refractivity contribution in [3.05, 3.63) is 53.8 Å². The Bertz CT molecular complexity index is 632. The molecule has 1 N–H and O–H groups in total. The molecule has 1 saturated carbocycles. The lowest BCUT2D eigenvalue weighted by Gasteiger charge is -1.99. The molecule has 0 spiro atoms. The fourth-order valence-electron chi connectivity index (χ4n) is 2.15. The highest BCUT2D eigenvalue weighted by atomic mass is 32.2. The second-order valence-electron chi connectivity index (χ2n) is 4.51. The van der Waals surface area contributed by atoms with Crippen LogP contribution < -0.4 is 0 Å². The van der Waals surface area contributed by atoms with Crippen LogP contribution in [0.1, 0.15) is 28.5 Å². The normalized spacial score (nSPS) is 22.9. The van der Waals surface area contributed by atoms with Gasteiger partial charge in [0.15, 0.2) is 5.09 Å². The molecule has 0 radical (unpaired) electrons. The Labute approximate surface area is 112 Å². The van der Waals surface area contributed by atoms with E-state index in [-0.39, 0.29) is 22.0 Å². The fraction of sp³-hybridized carbons (Fsp3) is 0.214. The van der Waals surface area contributed by atoms with Gasteiger partial charge >= 0.3 is 5.97 Å². The molecular weight excluding hydrogens is 264 g/mol. The van der Waals surface area contributed by atoms with Crippen LogP contribution in [0.2, 0.25) is 0 Å². The SMILES string of the molecule is O=C(O)c1ccc(S(=O)C2CC2c2ccccc2)o1. The zero-order chi connectivity index (χ0) is 13.4. The van der Waals surface area contributed by atoms with Crippen molar-refractivity contribution >= 4 is 16.8 Å². The number of rotatable bonds is 4. The van der Waals surface area contributed by atoms with Crippen LogP contribution in [0, 0.1) is 0 Å². The van der Waals surface area contributed by atoms with Crippen molar-refractivity contribution in [3.63, 3.8) is 0 Å². The van der Waals surface area contributed by atoms with Gasteiger partial charge in [0.25, 0.3) is 0 Å². The van der Waals surface area contributed by atoms with E-state index in [1.807, 2.05) is 30.3 Å². The molecule has 3 atom stereocenters. The Morgan fingerprint density at radius 3 is 2.58 bits per heavy atom. The molecule has 5 heteroatoms. The van der Waals surface area contributed by atoms with E-state index in [1.54, 1.807) is 0 Å². The Balaban J connectivity index is 1.74. The van der Waals surface area contributed by atoms with E-state index in [4.69, 9.17) is 9.52 Å². The van der Waals surface area contributed by atoms with Gasteiger partial charge in [0.1, 0.15) is 0 Å². The summed E-state index contributed by atoms with van der Waals surface area (Å²) in [5.74, 6) is -1.03. The zero-order valence-electron chi connectivity index (χ0n) is 9.98. The van der Waals surface area contributed by atoms with Gasteiger partial charge in [-0.15, -0.1) is 0 Å². The van der Waals surface area contributed by atoms with Crippen molar-refractivity contribution in [2.75, 3.05) is 0 Å². The Kier molecular flexibility index (Phi) is 2.98. The average Bonchev–Trinajstić information content (AvgIpc) is 3.06. The van der Waals surface area contributed by atoms with E-state index in [1.165, 1.54) is 17.7 Å². The second kappa shape index (κ2) is 4.66. The summed E-state index contributed by atoms with van der Waals surface area (Å²) in [4.78, 5) is 10.7. The maximum atomic E-state index is 12.3. The summed E-state index contributed by atoms with van der Waals surface area (Å²) in [7, 11) is -1.28. The van der Waals surface area contributed by atoms with Gasteiger partial charge in [0, 0.05) is 0 Å². The molecule has 4 nitrogen and oxygen atoms in total. The van der Waals surface area contributed by atoms with Gasteiger partial charge in [-0.25, -0.2) is 4.79 Å². The second-order valence-corrected chi connectivity index (χ2v) is 6.12. The smallest absolute Gasteiger partial charge is 0.371 e. The van der Waals surface area contributed by atoms with E-state index in [9.17, 15) is 9.00 Å². The maximum Gasteiger partial charge on any atom is 0.371 e. The molecular formula is C14H12O4S. The van der Waals surface area contributed by atoms with Crippen LogP contribution in [0.4, 0.5) is 0 Å². The number of carbonyl (C=O) groups is 1. The summed E-state index contributed by atoms with van der Waals surface area (Å²) in [5, 5.41) is 9.05. The third-order valence-corrected chi connectivity index (χ3v) is 4.91. The fourth-order valence-corrected chi connectivity index (χ4v) is 3.66. The van der Waals surface area contributed by atoms with E-state index >= 15 is 0 Å². The first kappa shape index (κ1) is 12.2. The first-order valence-electron chi connectivity index (χ1n) is 5.95. The van der Waals surface area contributed by atoms with Gasteiger partial charge in [-0.3, -0.25) is 4.21 Å². The third kappa shape index (κ3) is 2.33. The highest BCUT2D eigenvalue weighted by Crippen LogP contribution is 2.46. The van der Waals surface area contributed by atoms with Crippen LogP contribution in [0.25, 0.3) is 0 Å². The molecule has 1 heterocycles. The molecule has 1 aromatic heterocycles. The number of aromatic carboxylic acids is 1. The van der Waals surface area contributed by atoms with Crippen molar-refractivity contribution in [2.24, 2.45) is 0 Å². The number of carboxylic acids is 1. The van der Waals surface area contributed by atoms with Gasteiger partial charge in [0.2, 0.25) is 5.76 Å². The van der Waals surface area contributed by atoms with Crippen molar-refractivity contribution < 1.29 is 18.5 Å². The maximum absolute atomic E-state index is 12.3. The van der Waals surface area contributed by atoms with Crippen LogP contribution in [0.5, 0.6) is 0 Å². The lowest BCUT2D eigenvalue weighted by Crippen LogP contribution is -1.99. The van der Waals surface area contributed by atoms with E-state index in [2.05, 4.69) is 0 Å². The topological polar surface area (TPSA) is 67.5 Å². The van der Waals surface area contributed by atoms with Crippen LogP contribution in [-0.4, -0.2) is 20.5 Å². The minimum atomic E-state index is -1.28. The number of hydrogen-bond donors (Lipinski definition) is 1. The van der Waals surface area contributed by atoms with E-state index < -0.39 is 16.8 Å². The number of carboxylic acid groups (broad SMARTS) is 1. The predicted molar refractivity (Wildman–Crippen MR) is 69.7 cm³/mol.